The van der Waals surface area contributed by atoms with E-state index in [1.807, 2.05) is 16.8 Å². The van der Waals surface area contributed by atoms with Crippen LogP contribution in [0, 0.1) is 5.82 Å². The molecule has 10 heteroatoms. The maximum atomic E-state index is 13.3. The van der Waals surface area contributed by atoms with Crippen LogP contribution in [0.3, 0.4) is 0 Å². The highest BCUT2D eigenvalue weighted by Crippen LogP contribution is 2.39. The second kappa shape index (κ2) is 7.38. The quantitative estimate of drug-likeness (QED) is 0.378. The number of aromatic nitrogens is 6. The number of thiophene rings is 2. The Kier molecular flexibility index (Phi) is 4.59. The summed E-state index contributed by atoms with van der Waals surface area (Å²) in [7, 11) is 0. The molecule has 0 amide bonds. The summed E-state index contributed by atoms with van der Waals surface area (Å²) in [5.74, 6) is -0.262. The lowest BCUT2D eigenvalue weighted by molar-refractivity contribution is 0.608. The van der Waals surface area contributed by atoms with Crippen LogP contribution in [0.2, 0.25) is 0 Å². The molecule has 0 spiro atoms. The molecule has 0 aliphatic carbocycles. The molecular formula is C18H11FN6S3. The zero-order valence-corrected chi connectivity index (χ0v) is 16.6. The van der Waals surface area contributed by atoms with Gasteiger partial charge in [0.1, 0.15) is 22.0 Å². The topological polar surface area (TPSA) is 69.4 Å². The third-order valence-corrected chi connectivity index (χ3v) is 6.79. The average Bonchev–Trinajstić information content (AvgIpc) is 3.45. The summed E-state index contributed by atoms with van der Waals surface area (Å²) in [6, 6.07) is 10.5. The van der Waals surface area contributed by atoms with Crippen LogP contribution in [0.1, 0.15) is 4.88 Å². The Bertz CT molecular complexity index is 1230. The van der Waals surface area contributed by atoms with Crippen molar-refractivity contribution in [3.63, 3.8) is 0 Å². The summed E-state index contributed by atoms with van der Waals surface area (Å²) in [6.45, 7) is 0.607. The van der Waals surface area contributed by atoms with Gasteiger partial charge in [0.2, 0.25) is 5.16 Å². The lowest BCUT2D eigenvalue weighted by Crippen LogP contribution is -2.02. The van der Waals surface area contributed by atoms with Crippen LogP contribution in [0.5, 0.6) is 0 Å². The van der Waals surface area contributed by atoms with Gasteiger partial charge in [0, 0.05) is 15.8 Å². The van der Waals surface area contributed by atoms with Gasteiger partial charge in [-0.2, -0.15) is 0 Å². The molecule has 0 saturated heterocycles. The summed E-state index contributed by atoms with van der Waals surface area (Å²) in [6.07, 6.45) is 1.54. The molecule has 0 radical (unpaired) electrons. The third kappa shape index (κ3) is 3.30. The number of nitrogens with zero attached hydrogens (tertiary/aromatic N) is 6. The van der Waals surface area contributed by atoms with Crippen molar-refractivity contribution in [1.29, 1.82) is 0 Å². The van der Waals surface area contributed by atoms with Crippen molar-refractivity contribution in [2.24, 2.45) is 0 Å². The van der Waals surface area contributed by atoms with Gasteiger partial charge in [-0.25, -0.2) is 19.0 Å². The van der Waals surface area contributed by atoms with E-state index in [4.69, 9.17) is 0 Å². The molecule has 0 saturated carbocycles. The molecule has 138 valence electrons. The summed E-state index contributed by atoms with van der Waals surface area (Å²) in [5.41, 5.74) is 1.89. The molecule has 0 atom stereocenters. The number of rotatable bonds is 5. The maximum absolute atomic E-state index is 13.3. The van der Waals surface area contributed by atoms with Crippen molar-refractivity contribution in [3.8, 4) is 11.1 Å². The zero-order chi connectivity index (χ0) is 18.9. The first-order valence-electron chi connectivity index (χ1n) is 8.22. The van der Waals surface area contributed by atoms with E-state index in [2.05, 4.69) is 31.6 Å². The number of halogens is 1. The van der Waals surface area contributed by atoms with Gasteiger partial charge in [-0.1, -0.05) is 18.2 Å². The van der Waals surface area contributed by atoms with Gasteiger partial charge in [-0.05, 0) is 51.3 Å². The molecule has 0 bridgehead atoms. The fourth-order valence-electron chi connectivity index (χ4n) is 2.77. The minimum atomic E-state index is -0.262. The van der Waals surface area contributed by atoms with Gasteiger partial charge in [-0.15, -0.1) is 27.8 Å². The zero-order valence-electron chi connectivity index (χ0n) is 14.2. The predicted molar refractivity (Wildman–Crippen MR) is 108 cm³/mol. The highest BCUT2D eigenvalue weighted by Gasteiger charge is 2.17. The average molecular weight is 427 g/mol. The van der Waals surface area contributed by atoms with Crippen LogP contribution in [0.25, 0.3) is 21.3 Å². The molecule has 4 heterocycles. The van der Waals surface area contributed by atoms with Crippen molar-refractivity contribution in [2.45, 2.75) is 16.7 Å². The standard InChI is InChI=1S/C18H11FN6S3/c19-12-5-3-11(4-6-12)14-9-27-16-15(14)17(21-10-20-16)28-18-22-23-24-25(18)8-13-2-1-7-26-13/h1-7,9-10H,8H2. The first kappa shape index (κ1) is 17.4. The molecule has 28 heavy (non-hydrogen) atoms. The van der Waals surface area contributed by atoms with Crippen LogP contribution in [-0.2, 0) is 6.54 Å². The summed E-state index contributed by atoms with van der Waals surface area (Å²) >= 11 is 4.60. The first-order chi connectivity index (χ1) is 13.8. The summed E-state index contributed by atoms with van der Waals surface area (Å²) < 4.78 is 15.1. The Balaban J connectivity index is 1.54. The predicted octanol–water partition coefficient (Wildman–Crippen LogP) is 4.74. The smallest absolute Gasteiger partial charge is 0.215 e. The lowest BCUT2D eigenvalue weighted by Gasteiger charge is -2.05. The second-order valence-corrected chi connectivity index (χ2v) is 8.66. The van der Waals surface area contributed by atoms with Gasteiger partial charge in [0.25, 0.3) is 0 Å². The van der Waals surface area contributed by atoms with Crippen LogP contribution >= 0.6 is 34.4 Å². The van der Waals surface area contributed by atoms with Crippen LogP contribution in [0.15, 0.2) is 63.7 Å². The van der Waals surface area contributed by atoms with Crippen molar-refractivity contribution >= 4 is 44.7 Å². The number of hydrogen-bond acceptors (Lipinski definition) is 8. The van der Waals surface area contributed by atoms with E-state index in [9.17, 15) is 4.39 Å². The van der Waals surface area contributed by atoms with Gasteiger partial charge < -0.3 is 0 Å². The Hall–Kier alpha value is -2.69. The molecule has 0 unspecified atom stereocenters. The lowest BCUT2D eigenvalue weighted by atomic mass is 10.1. The van der Waals surface area contributed by atoms with Gasteiger partial charge in [0.05, 0.1) is 11.9 Å². The number of hydrogen-bond donors (Lipinski definition) is 0. The first-order valence-corrected chi connectivity index (χ1v) is 10.8. The van der Waals surface area contributed by atoms with Crippen LogP contribution < -0.4 is 0 Å². The van der Waals surface area contributed by atoms with E-state index >= 15 is 0 Å². The largest absolute Gasteiger partial charge is 0.229 e. The Morgan fingerprint density at radius 3 is 2.79 bits per heavy atom. The molecule has 5 rings (SSSR count). The van der Waals surface area contributed by atoms with E-state index in [-0.39, 0.29) is 5.82 Å². The van der Waals surface area contributed by atoms with Crippen molar-refractivity contribution in [3.05, 3.63) is 64.2 Å². The molecule has 0 N–H and O–H groups in total. The molecule has 0 fully saturated rings. The van der Waals surface area contributed by atoms with Gasteiger partial charge in [-0.3, -0.25) is 0 Å². The maximum Gasteiger partial charge on any atom is 0.215 e. The summed E-state index contributed by atoms with van der Waals surface area (Å²) in [5, 5.41) is 18.5. The Morgan fingerprint density at radius 1 is 1.07 bits per heavy atom. The van der Waals surface area contributed by atoms with Crippen LogP contribution in [0.4, 0.5) is 4.39 Å². The molecular weight excluding hydrogens is 415 g/mol. The van der Waals surface area contributed by atoms with Gasteiger partial charge >= 0.3 is 0 Å². The number of tetrazole rings is 1. The molecule has 4 aromatic heterocycles. The van der Waals surface area contributed by atoms with Gasteiger partial charge in [0.15, 0.2) is 0 Å². The normalized spacial score (nSPS) is 11.3. The fraction of sp³-hybridized carbons (Fsp3) is 0.0556. The summed E-state index contributed by atoms with van der Waals surface area (Å²) in [4.78, 5) is 10.9. The molecule has 0 aliphatic heterocycles. The van der Waals surface area contributed by atoms with Crippen molar-refractivity contribution in [2.75, 3.05) is 0 Å². The molecule has 1 aromatic carbocycles. The minimum Gasteiger partial charge on any atom is -0.229 e. The van der Waals surface area contributed by atoms with E-state index in [1.54, 1.807) is 34.5 Å². The highest BCUT2D eigenvalue weighted by atomic mass is 32.2. The fourth-order valence-corrected chi connectivity index (χ4v) is 5.30. The molecule has 0 aliphatic rings. The van der Waals surface area contributed by atoms with Crippen LogP contribution in [-0.4, -0.2) is 30.2 Å². The van der Waals surface area contributed by atoms with Crippen molar-refractivity contribution < 1.29 is 4.39 Å². The highest BCUT2D eigenvalue weighted by molar-refractivity contribution is 7.99. The second-order valence-electron chi connectivity index (χ2n) is 5.82. The van der Waals surface area contributed by atoms with E-state index in [0.717, 1.165) is 26.4 Å². The SMILES string of the molecule is Fc1ccc(-c2csc3ncnc(Sc4nnnn4Cc4cccs4)c23)cc1. The van der Waals surface area contributed by atoms with E-state index in [0.29, 0.717) is 11.7 Å². The molecule has 6 nitrogen and oxygen atoms in total. The van der Waals surface area contributed by atoms with E-state index < -0.39 is 0 Å². The monoisotopic (exact) mass is 426 g/mol. The third-order valence-electron chi connectivity index (χ3n) is 4.06. The minimum absolute atomic E-state index is 0.262. The number of fused-ring (bicyclic) bond motifs is 1. The Labute approximate surface area is 171 Å². The van der Waals surface area contributed by atoms with Crippen molar-refractivity contribution in [1.82, 2.24) is 30.2 Å². The number of benzene rings is 1. The Morgan fingerprint density at radius 2 is 1.96 bits per heavy atom. The van der Waals surface area contributed by atoms with E-state index in [1.165, 1.54) is 40.1 Å². The molecule has 5 aromatic rings.